The minimum atomic E-state index is -0.0739. The van der Waals surface area contributed by atoms with Crippen LogP contribution in [0.4, 0.5) is 0 Å². The van der Waals surface area contributed by atoms with Crippen molar-refractivity contribution < 1.29 is 14.6 Å². The Morgan fingerprint density at radius 2 is 1.81 bits per heavy atom. The summed E-state index contributed by atoms with van der Waals surface area (Å²) in [4.78, 5) is 0. The highest BCUT2D eigenvalue weighted by Gasteiger charge is 2.43. The molecule has 3 nitrogen and oxygen atoms in total. The molecule has 0 aromatic rings. The average Bonchev–Trinajstić information content (AvgIpc) is 3.06. The molecule has 0 amide bonds. The molecule has 0 radical (unpaired) electrons. The molecule has 0 spiro atoms. The lowest BCUT2D eigenvalue weighted by Crippen LogP contribution is -2.27. The van der Waals surface area contributed by atoms with Crippen LogP contribution >= 0.6 is 0 Å². The maximum atomic E-state index is 9.41. The number of rotatable bonds is 3. The van der Waals surface area contributed by atoms with Gasteiger partial charge in [-0.15, -0.1) is 0 Å². The van der Waals surface area contributed by atoms with Gasteiger partial charge in [0.1, 0.15) is 0 Å². The van der Waals surface area contributed by atoms with Crippen LogP contribution in [-0.4, -0.2) is 36.1 Å². The third kappa shape index (κ3) is 2.58. The number of hydrogen-bond acceptors (Lipinski definition) is 3. The zero-order chi connectivity index (χ0) is 11.0. The molecular formula is C13H22O3. The molecule has 3 rings (SSSR count). The number of aliphatic hydroxyl groups excluding tert-OH is 1. The lowest BCUT2D eigenvalue weighted by Gasteiger charge is -2.28. The van der Waals surface area contributed by atoms with Crippen LogP contribution in [0.25, 0.3) is 0 Å². The van der Waals surface area contributed by atoms with E-state index in [0.717, 1.165) is 38.2 Å². The largest absolute Gasteiger partial charge is 0.393 e. The van der Waals surface area contributed by atoms with Crippen molar-refractivity contribution in [3.8, 4) is 0 Å². The van der Waals surface area contributed by atoms with E-state index < -0.39 is 0 Å². The van der Waals surface area contributed by atoms with Crippen LogP contribution in [0.15, 0.2) is 0 Å². The van der Waals surface area contributed by atoms with Crippen molar-refractivity contribution in [1.29, 1.82) is 0 Å². The molecule has 3 atom stereocenters. The number of fused-ring (bicyclic) bond motifs is 1. The maximum absolute atomic E-state index is 9.41. The maximum Gasteiger partial charge on any atom is 0.0845 e. The fourth-order valence-corrected chi connectivity index (χ4v) is 3.12. The van der Waals surface area contributed by atoms with Crippen molar-refractivity contribution in [1.82, 2.24) is 0 Å². The summed E-state index contributed by atoms with van der Waals surface area (Å²) in [5, 5.41) is 9.41. The normalized spacial score (nSPS) is 47.4. The first-order valence-electron chi connectivity index (χ1n) is 6.76. The van der Waals surface area contributed by atoms with E-state index in [1.165, 1.54) is 19.3 Å². The van der Waals surface area contributed by atoms with Gasteiger partial charge in [-0.1, -0.05) is 0 Å². The Morgan fingerprint density at radius 1 is 1.00 bits per heavy atom. The Bertz CT molecular complexity index is 235. The second-order valence-electron chi connectivity index (χ2n) is 5.66. The second kappa shape index (κ2) is 4.63. The van der Waals surface area contributed by atoms with Crippen molar-refractivity contribution in [3.63, 3.8) is 0 Å². The van der Waals surface area contributed by atoms with E-state index in [9.17, 15) is 5.11 Å². The summed E-state index contributed by atoms with van der Waals surface area (Å²) in [5.74, 6) is 0.718. The Balaban J connectivity index is 1.36. The third-order valence-corrected chi connectivity index (χ3v) is 4.32. The summed E-state index contributed by atoms with van der Waals surface area (Å²) < 4.78 is 11.5. The highest BCUT2D eigenvalue weighted by atomic mass is 16.6. The minimum absolute atomic E-state index is 0.0739. The van der Waals surface area contributed by atoms with Gasteiger partial charge in [0.15, 0.2) is 0 Å². The summed E-state index contributed by atoms with van der Waals surface area (Å²) >= 11 is 0. The Kier molecular flexibility index (Phi) is 3.18. The predicted octanol–water partition coefficient (Wildman–Crippen LogP) is 1.87. The summed E-state index contributed by atoms with van der Waals surface area (Å²) in [6, 6.07) is 0. The van der Waals surface area contributed by atoms with E-state index in [-0.39, 0.29) is 6.10 Å². The fraction of sp³-hybridized carbons (Fsp3) is 1.00. The van der Waals surface area contributed by atoms with Gasteiger partial charge in [-0.3, -0.25) is 0 Å². The van der Waals surface area contributed by atoms with Crippen molar-refractivity contribution in [3.05, 3.63) is 0 Å². The van der Waals surface area contributed by atoms with Crippen molar-refractivity contribution in [2.75, 3.05) is 6.61 Å². The second-order valence-corrected chi connectivity index (χ2v) is 5.66. The zero-order valence-corrected chi connectivity index (χ0v) is 9.81. The first-order chi connectivity index (χ1) is 7.81. The van der Waals surface area contributed by atoms with Crippen LogP contribution in [0.1, 0.15) is 44.9 Å². The quantitative estimate of drug-likeness (QED) is 0.747. The van der Waals surface area contributed by atoms with Gasteiger partial charge >= 0.3 is 0 Å². The molecule has 0 aromatic carbocycles. The average molecular weight is 226 g/mol. The molecular weight excluding hydrogens is 204 g/mol. The summed E-state index contributed by atoms with van der Waals surface area (Å²) in [5.41, 5.74) is 0. The molecule has 1 aliphatic heterocycles. The molecule has 0 aromatic heterocycles. The first kappa shape index (κ1) is 11.0. The van der Waals surface area contributed by atoms with Gasteiger partial charge in [0.05, 0.1) is 24.4 Å². The van der Waals surface area contributed by atoms with E-state index >= 15 is 0 Å². The molecule has 1 saturated heterocycles. The lowest BCUT2D eigenvalue weighted by molar-refractivity contribution is -0.0211. The van der Waals surface area contributed by atoms with Gasteiger partial charge < -0.3 is 14.6 Å². The van der Waals surface area contributed by atoms with Gasteiger partial charge in [0, 0.05) is 6.61 Å². The molecule has 3 aliphatic rings. The van der Waals surface area contributed by atoms with Gasteiger partial charge in [-0.25, -0.2) is 0 Å². The SMILES string of the molecule is OC1CCC(OCC2CCC3OC3C2)CC1. The van der Waals surface area contributed by atoms with Crippen LogP contribution < -0.4 is 0 Å². The van der Waals surface area contributed by atoms with E-state index in [0.29, 0.717) is 18.3 Å². The highest BCUT2D eigenvalue weighted by Crippen LogP contribution is 2.39. The molecule has 2 saturated carbocycles. The number of epoxide rings is 1. The summed E-state index contributed by atoms with van der Waals surface area (Å²) in [6.45, 7) is 0.910. The Hall–Kier alpha value is -0.120. The fourth-order valence-electron chi connectivity index (χ4n) is 3.12. The van der Waals surface area contributed by atoms with Gasteiger partial charge in [0.25, 0.3) is 0 Å². The Labute approximate surface area is 97.1 Å². The van der Waals surface area contributed by atoms with Gasteiger partial charge in [0.2, 0.25) is 0 Å². The van der Waals surface area contributed by atoms with Crippen LogP contribution in [0.3, 0.4) is 0 Å². The van der Waals surface area contributed by atoms with Crippen molar-refractivity contribution in [2.45, 2.75) is 69.4 Å². The number of hydrogen-bond donors (Lipinski definition) is 1. The molecule has 1 N–H and O–H groups in total. The van der Waals surface area contributed by atoms with Crippen LogP contribution in [0.5, 0.6) is 0 Å². The molecule has 0 bridgehead atoms. The standard InChI is InChI=1S/C13H22O3/c14-10-2-4-11(5-3-10)15-8-9-1-6-12-13(7-9)16-12/h9-14H,1-8H2. The third-order valence-electron chi connectivity index (χ3n) is 4.32. The monoisotopic (exact) mass is 226 g/mol. The summed E-state index contributed by atoms with van der Waals surface area (Å²) in [6.07, 6.45) is 9.13. The van der Waals surface area contributed by atoms with Gasteiger partial charge in [-0.05, 0) is 50.9 Å². The molecule has 3 fully saturated rings. The van der Waals surface area contributed by atoms with E-state index in [1.807, 2.05) is 0 Å². The molecule has 16 heavy (non-hydrogen) atoms. The minimum Gasteiger partial charge on any atom is -0.393 e. The predicted molar refractivity (Wildman–Crippen MR) is 60.2 cm³/mol. The van der Waals surface area contributed by atoms with Gasteiger partial charge in [-0.2, -0.15) is 0 Å². The first-order valence-corrected chi connectivity index (χ1v) is 6.76. The molecule has 3 heteroatoms. The van der Waals surface area contributed by atoms with Crippen molar-refractivity contribution in [2.24, 2.45) is 5.92 Å². The smallest absolute Gasteiger partial charge is 0.0845 e. The number of aliphatic hydroxyl groups is 1. The lowest BCUT2D eigenvalue weighted by atomic mass is 9.89. The number of ether oxygens (including phenoxy) is 2. The van der Waals surface area contributed by atoms with Crippen molar-refractivity contribution >= 4 is 0 Å². The van der Waals surface area contributed by atoms with Crippen LogP contribution in [-0.2, 0) is 9.47 Å². The molecule has 92 valence electrons. The molecule has 3 unspecified atom stereocenters. The Morgan fingerprint density at radius 3 is 2.56 bits per heavy atom. The topological polar surface area (TPSA) is 42.0 Å². The van der Waals surface area contributed by atoms with E-state index in [4.69, 9.17) is 9.47 Å². The highest BCUT2D eigenvalue weighted by molar-refractivity contribution is 4.91. The van der Waals surface area contributed by atoms with Crippen LogP contribution in [0.2, 0.25) is 0 Å². The van der Waals surface area contributed by atoms with Crippen LogP contribution in [0, 0.1) is 5.92 Å². The summed E-state index contributed by atoms with van der Waals surface area (Å²) in [7, 11) is 0. The van der Waals surface area contributed by atoms with E-state index in [1.54, 1.807) is 0 Å². The molecule has 1 heterocycles. The van der Waals surface area contributed by atoms with E-state index in [2.05, 4.69) is 0 Å². The molecule has 2 aliphatic carbocycles. The zero-order valence-electron chi connectivity index (χ0n) is 9.81.